The van der Waals surface area contributed by atoms with Crippen molar-refractivity contribution in [1.82, 2.24) is 15.0 Å². The smallest absolute Gasteiger partial charge is 0.250 e. The van der Waals surface area contributed by atoms with Crippen LogP contribution in [0, 0.1) is 0 Å². The Balaban J connectivity index is 1.62. The number of ether oxygens (including phenoxy) is 1. The predicted octanol–water partition coefficient (Wildman–Crippen LogP) is 6.04. The third kappa shape index (κ3) is 5.80. The predicted molar refractivity (Wildman–Crippen MR) is 141 cm³/mol. The van der Waals surface area contributed by atoms with Gasteiger partial charge in [0.05, 0.1) is 18.9 Å². The molecule has 0 spiro atoms. The summed E-state index contributed by atoms with van der Waals surface area (Å²) < 4.78 is 6.52. The SMILES string of the molecule is COc1cc(Br)c(Br)c(/C=N\Nc2nc(Nc3ccccc3)nc(Nc3ccccc3)n2)c1O. The first-order chi connectivity index (χ1) is 16.5. The van der Waals surface area contributed by atoms with Gasteiger partial charge in [-0.1, -0.05) is 36.4 Å². The van der Waals surface area contributed by atoms with Crippen LogP contribution in [0.4, 0.5) is 29.2 Å². The van der Waals surface area contributed by atoms with E-state index in [0.29, 0.717) is 32.2 Å². The average Bonchev–Trinajstić information content (AvgIpc) is 2.85. The van der Waals surface area contributed by atoms with Crippen molar-refractivity contribution in [2.45, 2.75) is 0 Å². The zero-order valence-corrected chi connectivity index (χ0v) is 21.0. The topological polar surface area (TPSA) is 117 Å². The lowest BCUT2D eigenvalue weighted by Gasteiger charge is -2.11. The molecule has 34 heavy (non-hydrogen) atoms. The lowest BCUT2D eigenvalue weighted by atomic mass is 10.2. The van der Waals surface area contributed by atoms with Gasteiger partial charge < -0.3 is 20.5 Å². The molecule has 9 nitrogen and oxygen atoms in total. The third-order valence-corrected chi connectivity index (χ3v) is 6.48. The Hall–Kier alpha value is -3.70. The van der Waals surface area contributed by atoms with E-state index >= 15 is 0 Å². The number of hydrazone groups is 1. The molecule has 0 atom stereocenters. The number of phenols is 1. The van der Waals surface area contributed by atoms with Crippen molar-refractivity contribution in [3.8, 4) is 11.5 Å². The number of nitrogens with one attached hydrogen (secondary N) is 3. The Morgan fingerprint density at radius 2 is 1.38 bits per heavy atom. The molecule has 0 bridgehead atoms. The fraction of sp³-hybridized carbons (Fsp3) is 0.0435. The molecule has 0 amide bonds. The minimum absolute atomic E-state index is 0.0587. The standard InChI is InChI=1S/C23H19Br2N7O2/c1-34-18-12-17(24)19(25)16(20(18)33)13-26-32-23-30-21(27-14-8-4-2-5-9-14)29-22(31-23)28-15-10-6-3-7-11-15/h2-13,33H,1H3,(H3,27,28,29,30,31,32)/b26-13-. The second-order valence-corrected chi connectivity index (χ2v) is 8.44. The van der Waals surface area contributed by atoms with Gasteiger partial charge in [-0.05, 0) is 62.2 Å². The van der Waals surface area contributed by atoms with Gasteiger partial charge in [0.15, 0.2) is 11.5 Å². The second kappa shape index (κ2) is 10.9. The van der Waals surface area contributed by atoms with Gasteiger partial charge in [-0.3, -0.25) is 0 Å². The zero-order chi connectivity index (χ0) is 23.9. The van der Waals surface area contributed by atoms with Crippen LogP contribution < -0.4 is 20.8 Å². The lowest BCUT2D eigenvalue weighted by molar-refractivity contribution is 0.372. The maximum Gasteiger partial charge on any atom is 0.250 e. The van der Waals surface area contributed by atoms with Gasteiger partial charge in [-0.2, -0.15) is 20.1 Å². The molecule has 0 radical (unpaired) electrons. The molecule has 4 aromatic rings. The molecular formula is C23H19Br2N7O2. The fourth-order valence-electron chi connectivity index (χ4n) is 2.88. The van der Waals surface area contributed by atoms with Gasteiger partial charge in [0.2, 0.25) is 17.8 Å². The van der Waals surface area contributed by atoms with Crippen LogP contribution in [0.5, 0.6) is 11.5 Å². The molecule has 0 aliphatic carbocycles. The van der Waals surface area contributed by atoms with Crippen molar-refractivity contribution in [3.63, 3.8) is 0 Å². The molecule has 0 aliphatic rings. The first kappa shape index (κ1) is 23.5. The number of para-hydroxylation sites is 2. The van der Waals surface area contributed by atoms with Gasteiger partial charge in [0, 0.05) is 20.3 Å². The van der Waals surface area contributed by atoms with E-state index in [9.17, 15) is 5.11 Å². The molecule has 3 aromatic carbocycles. The van der Waals surface area contributed by atoms with E-state index in [0.717, 1.165) is 11.4 Å². The monoisotopic (exact) mass is 583 g/mol. The summed E-state index contributed by atoms with van der Waals surface area (Å²) in [6.45, 7) is 0. The lowest BCUT2D eigenvalue weighted by Crippen LogP contribution is -2.07. The summed E-state index contributed by atoms with van der Waals surface area (Å²) in [5.74, 6) is 1.09. The van der Waals surface area contributed by atoms with Crippen LogP contribution in [0.2, 0.25) is 0 Å². The first-order valence-corrected chi connectivity index (χ1v) is 11.6. The van der Waals surface area contributed by atoms with E-state index in [1.54, 1.807) is 6.07 Å². The van der Waals surface area contributed by atoms with Crippen molar-refractivity contribution >= 4 is 67.3 Å². The minimum Gasteiger partial charge on any atom is -0.504 e. The maximum atomic E-state index is 10.5. The number of rotatable bonds is 8. The number of hydrogen-bond donors (Lipinski definition) is 4. The summed E-state index contributed by atoms with van der Waals surface area (Å²) in [5, 5.41) is 21.0. The van der Waals surface area contributed by atoms with Crippen molar-refractivity contribution < 1.29 is 9.84 Å². The molecular weight excluding hydrogens is 566 g/mol. The van der Waals surface area contributed by atoms with E-state index in [-0.39, 0.29) is 11.7 Å². The number of halogens is 2. The number of methoxy groups -OCH3 is 1. The number of aromatic nitrogens is 3. The molecule has 1 heterocycles. The Kier molecular flexibility index (Phi) is 7.55. The highest BCUT2D eigenvalue weighted by atomic mass is 79.9. The van der Waals surface area contributed by atoms with Crippen molar-refractivity contribution in [2.75, 3.05) is 23.2 Å². The summed E-state index contributed by atoms with van der Waals surface area (Å²) in [6, 6.07) is 20.7. The van der Waals surface area contributed by atoms with Gasteiger partial charge >= 0.3 is 0 Å². The number of nitrogens with zero attached hydrogens (tertiary/aromatic N) is 4. The summed E-state index contributed by atoms with van der Waals surface area (Å²) in [7, 11) is 1.47. The summed E-state index contributed by atoms with van der Waals surface area (Å²) in [4.78, 5) is 13.2. The molecule has 0 aliphatic heterocycles. The number of phenolic OH excluding ortho intramolecular Hbond substituents is 1. The van der Waals surface area contributed by atoms with Gasteiger partial charge in [-0.15, -0.1) is 0 Å². The molecule has 0 fully saturated rings. The average molecular weight is 585 g/mol. The third-order valence-electron chi connectivity index (χ3n) is 4.47. The van der Waals surface area contributed by atoms with Crippen LogP contribution in [-0.4, -0.2) is 33.4 Å². The zero-order valence-electron chi connectivity index (χ0n) is 17.8. The number of hydrogen-bond acceptors (Lipinski definition) is 9. The van der Waals surface area contributed by atoms with E-state index in [1.807, 2.05) is 60.7 Å². The highest BCUT2D eigenvalue weighted by molar-refractivity contribution is 9.13. The number of anilines is 5. The summed E-state index contributed by atoms with van der Waals surface area (Å²) in [6.07, 6.45) is 1.44. The summed E-state index contributed by atoms with van der Waals surface area (Å²) >= 11 is 6.86. The molecule has 11 heteroatoms. The van der Waals surface area contributed by atoms with Gasteiger partial charge in [-0.25, -0.2) is 5.43 Å². The van der Waals surface area contributed by atoms with Crippen molar-refractivity contribution in [1.29, 1.82) is 0 Å². The molecule has 172 valence electrons. The van der Waals surface area contributed by atoms with Crippen LogP contribution in [0.3, 0.4) is 0 Å². The highest BCUT2D eigenvalue weighted by Gasteiger charge is 2.14. The second-order valence-electron chi connectivity index (χ2n) is 6.80. The molecule has 0 saturated heterocycles. The summed E-state index contributed by atoms with van der Waals surface area (Å²) in [5.41, 5.74) is 4.86. The van der Waals surface area contributed by atoms with E-state index in [1.165, 1.54) is 13.3 Å². The van der Waals surface area contributed by atoms with Crippen LogP contribution in [-0.2, 0) is 0 Å². The quantitative estimate of drug-likeness (QED) is 0.146. The van der Waals surface area contributed by atoms with Gasteiger partial charge in [0.1, 0.15) is 0 Å². The van der Waals surface area contributed by atoms with Crippen LogP contribution >= 0.6 is 31.9 Å². The normalized spacial score (nSPS) is 10.8. The Morgan fingerprint density at radius 3 is 1.91 bits per heavy atom. The van der Waals surface area contributed by atoms with E-state index in [4.69, 9.17) is 4.74 Å². The van der Waals surface area contributed by atoms with Crippen molar-refractivity contribution in [2.24, 2.45) is 5.10 Å². The first-order valence-electron chi connectivity index (χ1n) is 9.97. The highest BCUT2D eigenvalue weighted by Crippen LogP contribution is 2.39. The van der Waals surface area contributed by atoms with E-state index < -0.39 is 0 Å². The number of aromatic hydroxyl groups is 1. The van der Waals surface area contributed by atoms with Crippen molar-refractivity contribution in [3.05, 3.63) is 81.2 Å². The molecule has 4 N–H and O–H groups in total. The molecule has 1 aromatic heterocycles. The Bertz CT molecular complexity index is 1250. The van der Waals surface area contributed by atoms with Crippen LogP contribution in [0.25, 0.3) is 0 Å². The van der Waals surface area contributed by atoms with Crippen LogP contribution in [0.15, 0.2) is 80.8 Å². The largest absolute Gasteiger partial charge is 0.504 e. The van der Waals surface area contributed by atoms with Crippen LogP contribution in [0.1, 0.15) is 5.56 Å². The molecule has 0 unspecified atom stereocenters. The molecule has 4 rings (SSSR count). The van der Waals surface area contributed by atoms with Gasteiger partial charge in [0.25, 0.3) is 0 Å². The maximum absolute atomic E-state index is 10.5. The minimum atomic E-state index is -0.0587. The number of benzene rings is 3. The van der Waals surface area contributed by atoms with E-state index in [2.05, 4.69) is 68.0 Å². The Labute approximate surface area is 212 Å². The fourth-order valence-corrected chi connectivity index (χ4v) is 3.71. The Morgan fingerprint density at radius 1 is 0.853 bits per heavy atom. The molecule has 0 saturated carbocycles.